The van der Waals surface area contributed by atoms with Gasteiger partial charge in [-0.1, -0.05) is 0 Å². The molecule has 1 saturated heterocycles. The SMILES string of the molecule is Nc1ccc(N2CCCSCC2)c2nonc12. The topological polar surface area (TPSA) is 68.2 Å². The van der Waals surface area contributed by atoms with Gasteiger partial charge in [-0.15, -0.1) is 0 Å². The van der Waals surface area contributed by atoms with Gasteiger partial charge in [-0.3, -0.25) is 0 Å². The maximum absolute atomic E-state index is 5.84. The molecule has 17 heavy (non-hydrogen) atoms. The molecule has 2 N–H and O–H groups in total. The largest absolute Gasteiger partial charge is 0.397 e. The van der Waals surface area contributed by atoms with Crippen LogP contribution in [0.2, 0.25) is 0 Å². The fourth-order valence-electron chi connectivity index (χ4n) is 2.11. The second-order valence-corrected chi connectivity index (χ2v) is 5.31. The summed E-state index contributed by atoms with van der Waals surface area (Å²) in [4.78, 5) is 2.34. The fourth-order valence-corrected chi connectivity index (χ4v) is 3.00. The van der Waals surface area contributed by atoms with Crippen molar-refractivity contribution in [1.82, 2.24) is 10.3 Å². The maximum atomic E-state index is 5.84. The Labute approximate surface area is 103 Å². The van der Waals surface area contributed by atoms with E-state index in [1.807, 2.05) is 23.9 Å². The van der Waals surface area contributed by atoms with E-state index >= 15 is 0 Å². The molecule has 0 saturated carbocycles. The molecule has 3 rings (SSSR count). The summed E-state index contributed by atoms with van der Waals surface area (Å²) in [5.74, 6) is 2.38. The Morgan fingerprint density at radius 2 is 2.06 bits per heavy atom. The van der Waals surface area contributed by atoms with Gasteiger partial charge in [0.15, 0.2) is 11.0 Å². The van der Waals surface area contributed by atoms with Crippen LogP contribution in [0.5, 0.6) is 0 Å². The predicted octanol–water partition coefficient (Wildman–Crippen LogP) is 1.75. The third kappa shape index (κ3) is 1.93. The molecule has 1 aromatic heterocycles. The average Bonchev–Trinajstić information content (AvgIpc) is 2.67. The molecule has 90 valence electrons. The third-order valence-corrected chi connectivity index (χ3v) is 4.04. The number of hydrogen-bond donors (Lipinski definition) is 1. The standard InChI is InChI=1S/C11H14N4OS/c12-8-2-3-9(11-10(8)13-16-14-11)15-4-1-6-17-7-5-15/h2-3H,1,4-7,12H2. The smallest absolute Gasteiger partial charge is 0.160 e. The number of aromatic nitrogens is 2. The van der Waals surface area contributed by atoms with Gasteiger partial charge in [0.1, 0.15) is 0 Å². The molecule has 0 bridgehead atoms. The van der Waals surface area contributed by atoms with Gasteiger partial charge >= 0.3 is 0 Å². The lowest BCUT2D eigenvalue weighted by molar-refractivity contribution is 0.315. The van der Waals surface area contributed by atoms with E-state index in [2.05, 4.69) is 15.2 Å². The van der Waals surface area contributed by atoms with Gasteiger partial charge in [-0.05, 0) is 34.6 Å². The Kier molecular flexibility index (Phi) is 2.80. The van der Waals surface area contributed by atoms with E-state index in [-0.39, 0.29) is 0 Å². The lowest BCUT2D eigenvalue weighted by Crippen LogP contribution is -2.25. The number of nitrogens with two attached hydrogens (primary N) is 1. The van der Waals surface area contributed by atoms with Crippen LogP contribution in [0.3, 0.4) is 0 Å². The van der Waals surface area contributed by atoms with Crippen LogP contribution >= 0.6 is 11.8 Å². The van der Waals surface area contributed by atoms with Gasteiger partial charge in [-0.2, -0.15) is 11.8 Å². The van der Waals surface area contributed by atoms with Crippen molar-refractivity contribution in [3.63, 3.8) is 0 Å². The van der Waals surface area contributed by atoms with Gasteiger partial charge in [0.05, 0.1) is 11.4 Å². The van der Waals surface area contributed by atoms with E-state index in [0.29, 0.717) is 11.2 Å². The molecule has 1 aliphatic rings. The molecular weight excluding hydrogens is 236 g/mol. The van der Waals surface area contributed by atoms with Crippen LogP contribution in [-0.4, -0.2) is 34.9 Å². The third-order valence-electron chi connectivity index (χ3n) is 2.99. The highest BCUT2D eigenvalue weighted by atomic mass is 32.2. The molecule has 0 atom stereocenters. The van der Waals surface area contributed by atoms with Gasteiger partial charge in [-0.25, -0.2) is 4.63 Å². The highest BCUT2D eigenvalue weighted by Crippen LogP contribution is 2.29. The molecule has 2 heterocycles. The zero-order chi connectivity index (χ0) is 11.7. The summed E-state index contributed by atoms with van der Waals surface area (Å²) in [6, 6.07) is 3.89. The molecule has 5 nitrogen and oxygen atoms in total. The highest BCUT2D eigenvalue weighted by Gasteiger charge is 2.16. The van der Waals surface area contributed by atoms with E-state index in [1.54, 1.807) is 0 Å². The van der Waals surface area contributed by atoms with Crippen LogP contribution in [-0.2, 0) is 0 Å². The minimum atomic E-state index is 0.620. The molecular formula is C11H14N4OS. The first-order valence-corrected chi connectivity index (χ1v) is 6.85. The second-order valence-electron chi connectivity index (χ2n) is 4.09. The monoisotopic (exact) mass is 250 g/mol. The van der Waals surface area contributed by atoms with Crippen molar-refractivity contribution in [3.05, 3.63) is 12.1 Å². The zero-order valence-corrected chi connectivity index (χ0v) is 10.2. The number of thioether (sulfide) groups is 1. The molecule has 1 fully saturated rings. The average molecular weight is 250 g/mol. The van der Waals surface area contributed by atoms with Crippen molar-refractivity contribution in [2.24, 2.45) is 0 Å². The van der Waals surface area contributed by atoms with Crippen LogP contribution in [0, 0.1) is 0 Å². The van der Waals surface area contributed by atoms with Gasteiger partial charge < -0.3 is 10.6 Å². The molecule has 0 spiro atoms. The number of benzene rings is 1. The zero-order valence-electron chi connectivity index (χ0n) is 9.43. The van der Waals surface area contributed by atoms with Crippen LogP contribution < -0.4 is 10.6 Å². The Hall–Kier alpha value is -1.43. The number of rotatable bonds is 1. The number of anilines is 2. The Balaban J connectivity index is 2.04. The van der Waals surface area contributed by atoms with E-state index in [1.165, 1.54) is 12.2 Å². The first kappa shape index (κ1) is 10.7. The Morgan fingerprint density at radius 1 is 1.18 bits per heavy atom. The number of nitrogens with zero attached hydrogens (tertiary/aromatic N) is 3. The predicted molar refractivity (Wildman–Crippen MR) is 70.4 cm³/mol. The molecule has 6 heteroatoms. The van der Waals surface area contributed by atoms with Crippen LogP contribution in [0.25, 0.3) is 11.0 Å². The highest BCUT2D eigenvalue weighted by molar-refractivity contribution is 7.99. The van der Waals surface area contributed by atoms with Crippen molar-refractivity contribution >= 4 is 34.2 Å². The van der Waals surface area contributed by atoms with E-state index in [9.17, 15) is 0 Å². The number of hydrogen-bond acceptors (Lipinski definition) is 6. The Morgan fingerprint density at radius 3 is 3.00 bits per heavy atom. The minimum absolute atomic E-state index is 0.620. The first-order valence-electron chi connectivity index (χ1n) is 5.70. The molecule has 0 aliphatic carbocycles. The molecule has 1 aromatic carbocycles. The molecule has 0 amide bonds. The normalized spacial score (nSPS) is 17.3. The van der Waals surface area contributed by atoms with Gasteiger partial charge in [0, 0.05) is 18.8 Å². The van der Waals surface area contributed by atoms with E-state index < -0.39 is 0 Å². The van der Waals surface area contributed by atoms with Crippen molar-refractivity contribution in [1.29, 1.82) is 0 Å². The molecule has 0 unspecified atom stereocenters. The van der Waals surface area contributed by atoms with E-state index in [0.717, 1.165) is 30.0 Å². The number of fused-ring (bicyclic) bond motifs is 1. The summed E-state index contributed by atoms with van der Waals surface area (Å²) >= 11 is 2.00. The fraction of sp³-hybridized carbons (Fsp3) is 0.455. The van der Waals surface area contributed by atoms with Crippen LogP contribution in [0.1, 0.15) is 6.42 Å². The van der Waals surface area contributed by atoms with Crippen LogP contribution in [0.15, 0.2) is 16.8 Å². The molecule has 0 radical (unpaired) electrons. The van der Waals surface area contributed by atoms with Crippen molar-refractivity contribution in [2.75, 3.05) is 35.2 Å². The Bertz CT molecular complexity index is 519. The van der Waals surface area contributed by atoms with Crippen molar-refractivity contribution in [3.8, 4) is 0 Å². The second kappa shape index (κ2) is 4.44. The summed E-state index contributed by atoms with van der Waals surface area (Å²) < 4.78 is 4.80. The maximum Gasteiger partial charge on any atom is 0.160 e. The minimum Gasteiger partial charge on any atom is -0.397 e. The summed E-state index contributed by atoms with van der Waals surface area (Å²) in [6.07, 6.45) is 1.20. The van der Waals surface area contributed by atoms with Gasteiger partial charge in [0.25, 0.3) is 0 Å². The summed E-state index contributed by atoms with van der Waals surface area (Å²) in [6.45, 7) is 2.09. The first-order chi connectivity index (χ1) is 8.36. The molecule has 2 aromatic rings. The summed E-state index contributed by atoms with van der Waals surface area (Å²) in [5.41, 5.74) is 8.99. The number of nitrogen functional groups attached to an aromatic ring is 1. The quantitative estimate of drug-likeness (QED) is 0.778. The van der Waals surface area contributed by atoms with Crippen molar-refractivity contribution in [2.45, 2.75) is 6.42 Å². The molecule has 1 aliphatic heterocycles. The summed E-state index contributed by atoms with van der Waals surface area (Å²) in [7, 11) is 0. The van der Waals surface area contributed by atoms with E-state index in [4.69, 9.17) is 10.4 Å². The van der Waals surface area contributed by atoms with Crippen LogP contribution in [0.4, 0.5) is 11.4 Å². The lowest BCUT2D eigenvalue weighted by atomic mass is 10.2. The lowest BCUT2D eigenvalue weighted by Gasteiger charge is -2.22. The summed E-state index contributed by atoms with van der Waals surface area (Å²) in [5, 5.41) is 7.82. The van der Waals surface area contributed by atoms with Gasteiger partial charge in [0.2, 0.25) is 0 Å². The van der Waals surface area contributed by atoms with Crippen molar-refractivity contribution < 1.29 is 4.63 Å².